The number of carbonyl (C=O) groups is 2. The Hall–Kier alpha value is -2.58. The summed E-state index contributed by atoms with van der Waals surface area (Å²) in [5.74, 6) is -0.815. The smallest absolute Gasteiger partial charge is 0.325 e. The fourth-order valence-electron chi connectivity index (χ4n) is 3.02. The molecule has 0 spiro atoms. The molecule has 1 atom stereocenters. The summed E-state index contributed by atoms with van der Waals surface area (Å²) in [7, 11) is 0. The van der Waals surface area contributed by atoms with Gasteiger partial charge >= 0.3 is 6.18 Å². The predicted octanol–water partition coefficient (Wildman–Crippen LogP) is 4.46. The molecule has 156 valence electrons. The predicted molar refractivity (Wildman–Crippen MR) is 107 cm³/mol. The summed E-state index contributed by atoms with van der Waals surface area (Å²) in [6, 6.07) is 10.4. The van der Waals surface area contributed by atoms with E-state index in [-0.39, 0.29) is 29.9 Å². The Morgan fingerprint density at radius 2 is 1.66 bits per heavy atom. The maximum atomic E-state index is 12.8. The molecule has 1 heterocycles. The third kappa shape index (κ3) is 6.20. The van der Waals surface area contributed by atoms with E-state index in [0.717, 1.165) is 37.9 Å². The number of hydrogen-bond acceptors (Lipinski definition) is 3. The van der Waals surface area contributed by atoms with E-state index in [1.54, 1.807) is 24.3 Å². The highest BCUT2D eigenvalue weighted by molar-refractivity contribution is 6.05. The van der Waals surface area contributed by atoms with E-state index in [0.29, 0.717) is 11.4 Å². The van der Waals surface area contributed by atoms with Crippen molar-refractivity contribution in [3.63, 3.8) is 0 Å². The Balaban J connectivity index is 0.00000300. The highest BCUT2D eigenvalue weighted by atomic mass is 35.5. The van der Waals surface area contributed by atoms with Crippen LogP contribution < -0.4 is 16.0 Å². The second-order valence-electron chi connectivity index (χ2n) is 6.61. The summed E-state index contributed by atoms with van der Waals surface area (Å²) in [5.41, 5.74) is -0.118. The van der Waals surface area contributed by atoms with E-state index in [1.807, 2.05) is 0 Å². The zero-order chi connectivity index (χ0) is 20.1. The molecule has 9 heteroatoms. The molecule has 5 nitrogen and oxygen atoms in total. The molecule has 1 saturated heterocycles. The summed E-state index contributed by atoms with van der Waals surface area (Å²) in [6.07, 6.45) is -1.73. The summed E-state index contributed by atoms with van der Waals surface area (Å²) in [5, 5.41) is 8.50. The number of rotatable bonds is 4. The first kappa shape index (κ1) is 22.7. The van der Waals surface area contributed by atoms with Gasteiger partial charge in [0.05, 0.1) is 11.6 Å². The molecule has 2 aromatic carbocycles. The van der Waals surface area contributed by atoms with Gasteiger partial charge in [-0.2, -0.15) is 13.2 Å². The first-order chi connectivity index (χ1) is 13.3. The molecule has 2 aromatic rings. The lowest BCUT2D eigenvalue weighted by atomic mass is 10.0. The van der Waals surface area contributed by atoms with E-state index >= 15 is 0 Å². The Morgan fingerprint density at radius 3 is 2.31 bits per heavy atom. The highest BCUT2D eigenvalue weighted by Crippen LogP contribution is 2.29. The van der Waals surface area contributed by atoms with E-state index in [1.165, 1.54) is 12.1 Å². The minimum atomic E-state index is -4.52. The van der Waals surface area contributed by atoms with Crippen LogP contribution in [0.3, 0.4) is 0 Å². The number of amides is 2. The minimum Gasteiger partial charge on any atom is -0.325 e. The van der Waals surface area contributed by atoms with Crippen LogP contribution in [0.4, 0.5) is 24.5 Å². The van der Waals surface area contributed by atoms with Crippen LogP contribution in [0.15, 0.2) is 48.5 Å². The summed E-state index contributed by atoms with van der Waals surface area (Å²) in [6.45, 7) is 0.797. The molecule has 1 unspecified atom stereocenters. The number of halogens is 4. The third-order valence-corrected chi connectivity index (χ3v) is 4.47. The van der Waals surface area contributed by atoms with Crippen molar-refractivity contribution in [1.82, 2.24) is 5.32 Å². The normalized spacial score (nSPS) is 16.4. The van der Waals surface area contributed by atoms with Crippen LogP contribution in [0.25, 0.3) is 0 Å². The first-order valence-corrected chi connectivity index (χ1v) is 8.96. The number of piperidine rings is 1. The Bertz CT molecular complexity index is 868. The maximum Gasteiger partial charge on any atom is 0.416 e. The fourth-order valence-corrected chi connectivity index (χ4v) is 3.02. The van der Waals surface area contributed by atoms with Gasteiger partial charge in [0.25, 0.3) is 5.91 Å². The Labute approximate surface area is 172 Å². The standard InChI is InChI=1S/C20H20F3N3O2.ClH/c21-20(22,23)14-6-3-5-13(11-14)18(27)25-15-7-4-8-16(12-15)26-19(28)17-9-1-2-10-24-17;/h3-8,11-12,17,24H,1-2,9-10H2,(H,25,27)(H,26,28);1H. The van der Waals surface area contributed by atoms with Gasteiger partial charge in [-0.1, -0.05) is 18.6 Å². The molecule has 2 amide bonds. The van der Waals surface area contributed by atoms with Crippen molar-refractivity contribution >= 4 is 35.6 Å². The van der Waals surface area contributed by atoms with Gasteiger partial charge in [-0.15, -0.1) is 12.4 Å². The van der Waals surface area contributed by atoms with Crippen molar-refractivity contribution < 1.29 is 22.8 Å². The van der Waals surface area contributed by atoms with Crippen molar-refractivity contribution in [2.24, 2.45) is 0 Å². The second-order valence-corrected chi connectivity index (χ2v) is 6.61. The summed E-state index contributed by atoms with van der Waals surface area (Å²) >= 11 is 0. The van der Waals surface area contributed by atoms with Gasteiger partial charge in [0, 0.05) is 16.9 Å². The fraction of sp³-hybridized carbons (Fsp3) is 0.300. The van der Waals surface area contributed by atoms with E-state index in [4.69, 9.17) is 0 Å². The van der Waals surface area contributed by atoms with Gasteiger partial charge in [-0.25, -0.2) is 0 Å². The van der Waals surface area contributed by atoms with Gasteiger partial charge in [0.1, 0.15) is 0 Å². The number of carbonyl (C=O) groups excluding carboxylic acids is 2. The van der Waals surface area contributed by atoms with E-state index < -0.39 is 17.6 Å². The SMILES string of the molecule is Cl.O=C(Nc1cccc(NC(=O)C2CCCCN2)c1)c1cccc(C(F)(F)F)c1. The van der Waals surface area contributed by atoms with Crippen molar-refractivity contribution in [2.75, 3.05) is 17.2 Å². The van der Waals surface area contributed by atoms with Crippen molar-refractivity contribution in [3.8, 4) is 0 Å². The monoisotopic (exact) mass is 427 g/mol. The highest BCUT2D eigenvalue weighted by Gasteiger charge is 2.30. The number of anilines is 2. The molecule has 0 radical (unpaired) electrons. The van der Waals surface area contributed by atoms with Gasteiger partial charge in [0.15, 0.2) is 0 Å². The first-order valence-electron chi connectivity index (χ1n) is 8.96. The zero-order valence-electron chi connectivity index (χ0n) is 15.4. The van der Waals surface area contributed by atoms with Crippen LogP contribution in [0.1, 0.15) is 35.2 Å². The van der Waals surface area contributed by atoms with Crippen molar-refractivity contribution in [3.05, 3.63) is 59.7 Å². The van der Waals surface area contributed by atoms with Crippen molar-refractivity contribution in [2.45, 2.75) is 31.5 Å². The van der Waals surface area contributed by atoms with Crippen LogP contribution in [0.2, 0.25) is 0 Å². The van der Waals surface area contributed by atoms with Gasteiger partial charge in [-0.05, 0) is 55.8 Å². The molecule has 0 bridgehead atoms. The van der Waals surface area contributed by atoms with Crippen LogP contribution in [-0.2, 0) is 11.0 Å². The molecule has 29 heavy (non-hydrogen) atoms. The largest absolute Gasteiger partial charge is 0.416 e. The van der Waals surface area contributed by atoms with Crippen LogP contribution in [0.5, 0.6) is 0 Å². The molecular formula is C20H21ClF3N3O2. The minimum absolute atomic E-state index is 0. The molecule has 1 aliphatic heterocycles. The number of hydrogen-bond donors (Lipinski definition) is 3. The van der Waals surface area contributed by atoms with Gasteiger partial charge in [-0.3, -0.25) is 9.59 Å². The lowest BCUT2D eigenvalue weighted by molar-refractivity contribution is -0.137. The molecule has 1 aliphatic rings. The van der Waals surface area contributed by atoms with E-state index in [2.05, 4.69) is 16.0 Å². The number of nitrogens with one attached hydrogen (secondary N) is 3. The quantitative estimate of drug-likeness (QED) is 0.674. The average molecular weight is 428 g/mol. The topological polar surface area (TPSA) is 70.2 Å². The van der Waals surface area contributed by atoms with Gasteiger partial charge < -0.3 is 16.0 Å². The number of benzene rings is 2. The molecule has 0 aromatic heterocycles. The summed E-state index contributed by atoms with van der Waals surface area (Å²) < 4.78 is 38.4. The maximum absolute atomic E-state index is 12.8. The zero-order valence-corrected chi connectivity index (χ0v) is 16.2. The lowest BCUT2D eigenvalue weighted by Crippen LogP contribution is -2.43. The van der Waals surface area contributed by atoms with Crippen LogP contribution in [0, 0.1) is 0 Å². The molecule has 0 saturated carbocycles. The third-order valence-electron chi connectivity index (χ3n) is 4.47. The summed E-state index contributed by atoms with van der Waals surface area (Å²) in [4.78, 5) is 24.6. The second kappa shape index (κ2) is 9.76. The van der Waals surface area contributed by atoms with E-state index in [9.17, 15) is 22.8 Å². The molecule has 0 aliphatic carbocycles. The Kier molecular flexibility index (Phi) is 7.64. The van der Waals surface area contributed by atoms with Gasteiger partial charge in [0.2, 0.25) is 5.91 Å². The molecular weight excluding hydrogens is 407 g/mol. The van der Waals surface area contributed by atoms with Crippen LogP contribution >= 0.6 is 12.4 Å². The number of alkyl halides is 3. The molecule has 3 N–H and O–H groups in total. The van der Waals surface area contributed by atoms with Crippen LogP contribution in [-0.4, -0.2) is 24.4 Å². The molecule has 1 fully saturated rings. The average Bonchev–Trinajstić information content (AvgIpc) is 2.68. The Morgan fingerprint density at radius 1 is 0.966 bits per heavy atom. The lowest BCUT2D eigenvalue weighted by Gasteiger charge is -2.22. The molecule has 3 rings (SSSR count). The van der Waals surface area contributed by atoms with Crippen molar-refractivity contribution in [1.29, 1.82) is 0 Å².